The molecular weight excluding hydrogens is 586 g/mol. The van der Waals surface area contributed by atoms with Crippen LogP contribution < -0.4 is 0 Å². The Bertz CT molecular complexity index is 1340. The van der Waals surface area contributed by atoms with Crippen LogP contribution in [-0.4, -0.2) is 77.5 Å². The lowest BCUT2D eigenvalue weighted by molar-refractivity contribution is -0.313. The SMILES string of the molecule is CO/N=C1\C[C@]2(C[C@@H]3C[C@@H](C/C=C(/C)C[C@@H](C)/C=C\C=C4\CO[C@@H]5[C@H](O)C(C)=C[C@@H](C(=O)O3)[C@]45O)O2)O[C@H](/C(C)=C/C(C)C)[C@H]1C. The Kier molecular flexibility index (Phi) is 10.5. The normalized spacial score (nSPS) is 44.5. The molecule has 254 valence electrons. The highest BCUT2D eigenvalue weighted by Crippen LogP contribution is 2.47. The molecule has 9 nitrogen and oxygen atoms in total. The molecule has 1 aliphatic carbocycles. The lowest BCUT2D eigenvalue weighted by atomic mass is 9.71. The average Bonchev–Trinajstić information content (AvgIpc) is 3.31. The maximum absolute atomic E-state index is 14.2. The third-order valence-corrected chi connectivity index (χ3v) is 10.1. The maximum Gasteiger partial charge on any atom is 0.316 e. The minimum absolute atomic E-state index is 0.0340. The first kappa shape index (κ1) is 34.8. The van der Waals surface area contributed by atoms with E-state index in [4.69, 9.17) is 23.8 Å². The predicted octanol–water partition coefficient (Wildman–Crippen LogP) is 5.73. The van der Waals surface area contributed by atoms with Crippen LogP contribution in [0.3, 0.4) is 0 Å². The van der Waals surface area contributed by atoms with E-state index >= 15 is 0 Å². The van der Waals surface area contributed by atoms with Gasteiger partial charge in [0.2, 0.25) is 0 Å². The van der Waals surface area contributed by atoms with Crippen molar-refractivity contribution in [2.24, 2.45) is 28.8 Å². The van der Waals surface area contributed by atoms with Gasteiger partial charge in [0.05, 0.1) is 24.5 Å². The van der Waals surface area contributed by atoms with E-state index in [1.165, 1.54) is 5.57 Å². The Morgan fingerprint density at radius 2 is 1.96 bits per heavy atom. The molecule has 1 spiro atoms. The van der Waals surface area contributed by atoms with Crippen LogP contribution in [0.1, 0.15) is 80.6 Å². The van der Waals surface area contributed by atoms with Gasteiger partial charge in [0.1, 0.15) is 36.9 Å². The van der Waals surface area contributed by atoms with Crippen molar-refractivity contribution in [1.29, 1.82) is 0 Å². The number of allylic oxidation sites excluding steroid dienone is 5. The summed E-state index contributed by atoms with van der Waals surface area (Å²) in [4.78, 5) is 19.4. The van der Waals surface area contributed by atoms with Gasteiger partial charge in [-0.3, -0.25) is 4.79 Å². The van der Waals surface area contributed by atoms with Crippen molar-refractivity contribution in [3.05, 3.63) is 58.7 Å². The lowest BCUT2D eigenvalue weighted by Crippen LogP contribution is -2.59. The Labute approximate surface area is 274 Å². The quantitative estimate of drug-likeness (QED) is 0.229. The highest BCUT2D eigenvalue weighted by molar-refractivity contribution is 5.88. The number of aliphatic hydroxyl groups is 2. The minimum atomic E-state index is -1.74. The number of carbonyl (C=O) groups is 1. The first-order valence-electron chi connectivity index (χ1n) is 16.8. The van der Waals surface area contributed by atoms with Gasteiger partial charge in [-0.05, 0) is 62.2 Å². The number of esters is 1. The average molecular weight is 640 g/mol. The molecule has 0 aromatic carbocycles. The fraction of sp³-hybridized carbons (Fsp3) is 0.676. The Morgan fingerprint density at radius 3 is 2.67 bits per heavy atom. The Hall–Kier alpha value is -2.56. The van der Waals surface area contributed by atoms with Crippen molar-refractivity contribution in [3.63, 3.8) is 0 Å². The molecule has 10 atom stereocenters. The number of oxime groups is 1. The van der Waals surface area contributed by atoms with Crippen LogP contribution in [-0.2, 0) is 28.6 Å². The number of hydrogen-bond donors (Lipinski definition) is 2. The van der Waals surface area contributed by atoms with E-state index in [0.717, 1.165) is 17.7 Å². The molecule has 2 bridgehead atoms. The number of ether oxygens (including phenoxy) is 4. The van der Waals surface area contributed by atoms with E-state index in [0.29, 0.717) is 42.7 Å². The molecule has 5 aliphatic rings. The summed E-state index contributed by atoms with van der Waals surface area (Å²) in [6, 6.07) is 0. The van der Waals surface area contributed by atoms with Crippen molar-refractivity contribution in [2.75, 3.05) is 13.7 Å². The highest BCUT2D eigenvalue weighted by Gasteiger charge is 2.60. The van der Waals surface area contributed by atoms with Gasteiger partial charge in [-0.2, -0.15) is 0 Å². The number of carbonyl (C=O) groups excluding carboxylic acids is 1. The molecule has 4 heterocycles. The zero-order valence-corrected chi connectivity index (χ0v) is 28.7. The topological polar surface area (TPSA) is 116 Å². The van der Waals surface area contributed by atoms with Crippen LogP contribution in [0.2, 0.25) is 0 Å². The molecule has 46 heavy (non-hydrogen) atoms. The number of nitrogens with zero attached hydrogens (tertiary/aromatic N) is 1. The summed E-state index contributed by atoms with van der Waals surface area (Å²) in [6.45, 7) is 14.6. The smallest absolute Gasteiger partial charge is 0.316 e. The van der Waals surface area contributed by atoms with Gasteiger partial charge >= 0.3 is 5.97 Å². The second kappa shape index (κ2) is 13.9. The molecule has 4 aliphatic heterocycles. The molecule has 3 saturated heterocycles. The molecule has 9 heteroatoms. The van der Waals surface area contributed by atoms with Crippen molar-refractivity contribution < 1.29 is 38.8 Å². The lowest BCUT2D eigenvalue weighted by Gasteiger charge is -2.50. The van der Waals surface area contributed by atoms with Crippen molar-refractivity contribution >= 4 is 11.7 Å². The van der Waals surface area contributed by atoms with Gasteiger partial charge < -0.3 is 34.0 Å². The number of aliphatic hydroxyl groups excluding tert-OH is 1. The largest absolute Gasteiger partial charge is 0.462 e. The first-order chi connectivity index (χ1) is 21.8. The zero-order valence-electron chi connectivity index (χ0n) is 28.7. The predicted molar refractivity (Wildman–Crippen MR) is 176 cm³/mol. The molecule has 0 unspecified atom stereocenters. The molecule has 0 amide bonds. The Morgan fingerprint density at radius 1 is 1.20 bits per heavy atom. The molecule has 5 rings (SSSR count). The second-order valence-corrected chi connectivity index (χ2v) is 14.5. The van der Waals surface area contributed by atoms with E-state index in [-0.39, 0.29) is 30.7 Å². The molecule has 0 aromatic heterocycles. The summed E-state index contributed by atoms with van der Waals surface area (Å²) < 4.78 is 26.0. The van der Waals surface area contributed by atoms with E-state index in [9.17, 15) is 15.0 Å². The molecule has 0 aromatic rings. The third-order valence-electron chi connectivity index (χ3n) is 10.1. The Balaban J connectivity index is 1.55. The van der Waals surface area contributed by atoms with Crippen molar-refractivity contribution in [2.45, 2.75) is 122 Å². The van der Waals surface area contributed by atoms with E-state index in [1.807, 2.05) is 12.2 Å². The van der Waals surface area contributed by atoms with Gasteiger partial charge in [-0.25, -0.2) is 0 Å². The fourth-order valence-electron chi connectivity index (χ4n) is 7.94. The number of rotatable bonds is 3. The summed E-state index contributed by atoms with van der Waals surface area (Å²) in [5.74, 6) is -2.15. The van der Waals surface area contributed by atoms with Crippen LogP contribution in [0.4, 0.5) is 0 Å². The van der Waals surface area contributed by atoms with E-state index in [2.05, 4.69) is 64.9 Å². The van der Waals surface area contributed by atoms with Gasteiger partial charge in [-0.15, -0.1) is 0 Å². The monoisotopic (exact) mass is 639 g/mol. The third kappa shape index (κ3) is 6.99. The van der Waals surface area contributed by atoms with Crippen LogP contribution in [0, 0.1) is 23.7 Å². The summed E-state index contributed by atoms with van der Waals surface area (Å²) in [6.07, 6.45) is 11.4. The zero-order chi connectivity index (χ0) is 33.4. The summed E-state index contributed by atoms with van der Waals surface area (Å²) in [7, 11) is 1.55. The summed E-state index contributed by atoms with van der Waals surface area (Å²) in [5, 5.41) is 27.6. The van der Waals surface area contributed by atoms with Crippen molar-refractivity contribution in [1.82, 2.24) is 0 Å². The highest BCUT2D eigenvalue weighted by atomic mass is 16.7. The molecule has 0 radical (unpaired) electrons. The fourth-order valence-corrected chi connectivity index (χ4v) is 7.94. The standard InChI is InChI=1S/C37H53NO8/c1-21(2)14-25(6)33-26(7)31(38-42-8)19-36(46-33)18-29-17-28(45-36)13-12-23(4)15-22(3)10-9-11-27-20-43-34-32(39)24(5)16-30(35(40)44-29)37(27,34)41/h9-12,14,16,21-22,26,28-30,32-34,39,41H,13,15,17-20H2,1-8H3/b10-9-,23-12-,25-14+,27-11-,38-31+/t22-,26-,28+,29-,30-,32+,33+,34+,36-,37+/m0/s1. The van der Waals surface area contributed by atoms with Gasteiger partial charge in [0.15, 0.2) is 5.79 Å². The van der Waals surface area contributed by atoms with Crippen LogP contribution in [0.5, 0.6) is 0 Å². The molecular formula is C37H53NO8. The molecule has 3 fully saturated rings. The molecule has 0 saturated carbocycles. The molecule has 2 N–H and O–H groups in total. The van der Waals surface area contributed by atoms with Crippen molar-refractivity contribution in [3.8, 4) is 0 Å². The summed E-state index contributed by atoms with van der Waals surface area (Å²) >= 11 is 0. The number of fused-ring (bicyclic) bond motifs is 2. The van der Waals surface area contributed by atoms with Crippen LogP contribution in [0.15, 0.2) is 63.9 Å². The van der Waals surface area contributed by atoms with Gasteiger partial charge in [-0.1, -0.05) is 74.9 Å². The minimum Gasteiger partial charge on any atom is -0.462 e. The van der Waals surface area contributed by atoms with Crippen LogP contribution >= 0.6 is 0 Å². The van der Waals surface area contributed by atoms with Gasteiger partial charge in [0, 0.05) is 25.2 Å². The second-order valence-electron chi connectivity index (χ2n) is 14.5. The number of hydrogen-bond acceptors (Lipinski definition) is 9. The maximum atomic E-state index is 14.2. The van der Waals surface area contributed by atoms with Gasteiger partial charge in [0.25, 0.3) is 0 Å². The van der Waals surface area contributed by atoms with E-state index < -0.39 is 41.6 Å². The van der Waals surface area contributed by atoms with Crippen LogP contribution in [0.25, 0.3) is 0 Å². The first-order valence-corrected chi connectivity index (χ1v) is 16.8. The summed E-state index contributed by atoms with van der Waals surface area (Å²) in [5.41, 5.74) is 2.54. The van der Waals surface area contributed by atoms with E-state index in [1.54, 1.807) is 20.1 Å².